The number of fused-ring (bicyclic) bond motifs is 2. The zero-order valence-electron chi connectivity index (χ0n) is 16.2. The van der Waals surface area contributed by atoms with Crippen LogP contribution >= 0.6 is 11.3 Å². The van der Waals surface area contributed by atoms with Crippen LogP contribution in [0.4, 0.5) is 10.5 Å². The van der Waals surface area contributed by atoms with Crippen molar-refractivity contribution in [2.75, 3.05) is 5.32 Å². The molecule has 4 N–H and O–H groups in total. The van der Waals surface area contributed by atoms with Crippen molar-refractivity contribution in [1.82, 2.24) is 4.98 Å². The van der Waals surface area contributed by atoms with Crippen molar-refractivity contribution in [2.45, 2.75) is 55.8 Å². The number of carbonyl (C=O) groups is 2. The number of carbonyl (C=O) groups excluding carboxylic acids is 2. The minimum absolute atomic E-state index is 0.0774. The number of urea groups is 1. The molecule has 2 amide bonds. The van der Waals surface area contributed by atoms with Gasteiger partial charge in [0.05, 0.1) is 6.20 Å². The fraction of sp³-hybridized carbons (Fsp3) is 0.421. The molecular formula is C19H22N4O4S2. The monoisotopic (exact) mass is 434 g/mol. The first kappa shape index (κ1) is 20.1. The average molecular weight is 435 g/mol. The number of benzene rings is 1. The van der Waals surface area contributed by atoms with Crippen LogP contribution in [0.25, 0.3) is 0 Å². The van der Waals surface area contributed by atoms with Crippen LogP contribution in [0.1, 0.15) is 58.7 Å². The summed E-state index contributed by atoms with van der Waals surface area (Å²) in [6, 6.07) is 1.12. The Kier molecular flexibility index (Phi) is 4.85. The highest BCUT2D eigenvalue weighted by Crippen LogP contribution is 2.38. The first-order valence-electron chi connectivity index (χ1n) is 9.31. The van der Waals surface area contributed by atoms with Crippen LogP contribution in [-0.4, -0.2) is 26.1 Å². The van der Waals surface area contributed by atoms with Gasteiger partial charge in [0.15, 0.2) is 15.7 Å². The van der Waals surface area contributed by atoms with Gasteiger partial charge in [-0.05, 0) is 62.3 Å². The Labute approximate surface area is 172 Å². The van der Waals surface area contributed by atoms with Crippen molar-refractivity contribution >= 4 is 38.8 Å². The standard InChI is InChI=1S/C19H22N4O4S2/c1-19(2,26)17-21-9-15(28-17)29(20,27)23-18(25)22-16-11-5-3-4-10(11)8-13-12(16)6-7-14(13)24/h8-9,26H,3-7H2,1-2H3,(H3,20,22,23,25,27)/t29-/m1/s1. The summed E-state index contributed by atoms with van der Waals surface area (Å²) in [5.74, 6) is 0.0774. The maximum Gasteiger partial charge on any atom is 0.354 e. The molecule has 154 valence electrons. The van der Waals surface area contributed by atoms with E-state index in [9.17, 15) is 18.9 Å². The topological polar surface area (TPSA) is 135 Å². The van der Waals surface area contributed by atoms with Crippen LogP contribution in [-0.2, 0) is 34.8 Å². The number of hydrogen-bond donors (Lipinski definition) is 3. The zero-order valence-corrected chi connectivity index (χ0v) is 17.8. The van der Waals surface area contributed by atoms with Crippen LogP contribution in [0.2, 0.25) is 0 Å². The van der Waals surface area contributed by atoms with Gasteiger partial charge in [0.25, 0.3) is 0 Å². The number of aromatic nitrogens is 1. The highest BCUT2D eigenvalue weighted by molar-refractivity contribution is 7.93. The maximum absolute atomic E-state index is 12.8. The van der Waals surface area contributed by atoms with Crippen molar-refractivity contribution in [3.05, 3.63) is 39.5 Å². The van der Waals surface area contributed by atoms with Crippen molar-refractivity contribution in [1.29, 1.82) is 0 Å². The smallest absolute Gasteiger partial charge is 0.354 e. The number of ketones is 1. The normalized spacial score (nSPS) is 17.6. The minimum atomic E-state index is -3.52. The third kappa shape index (κ3) is 3.73. The van der Waals surface area contributed by atoms with E-state index in [1.165, 1.54) is 6.20 Å². The van der Waals surface area contributed by atoms with Crippen molar-refractivity contribution in [3.63, 3.8) is 0 Å². The molecule has 1 aromatic heterocycles. The van der Waals surface area contributed by atoms with Crippen molar-refractivity contribution < 1.29 is 18.9 Å². The van der Waals surface area contributed by atoms with Crippen LogP contribution in [0.15, 0.2) is 20.8 Å². The van der Waals surface area contributed by atoms with E-state index >= 15 is 0 Å². The Bertz CT molecular complexity index is 1150. The molecule has 4 rings (SSSR count). The summed E-state index contributed by atoms with van der Waals surface area (Å²) < 4.78 is 16.6. The highest BCUT2D eigenvalue weighted by atomic mass is 32.2. The molecule has 2 aliphatic rings. The average Bonchev–Trinajstić information content (AvgIpc) is 3.33. The largest absolute Gasteiger partial charge is 0.383 e. The molecule has 8 nitrogen and oxygen atoms in total. The number of rotatable bonds is 3. The molecule has 29 heavy (non-hydrogen) atoms. The summed E-state index contributed by atoms with van der Waals surface area (Å²) >= 11 is 0.956. The summed E-state index contributed by atoms with van der Waals surface area (Å²) in [6.07, 6.45) is 4.90. The number of hydrogen-bond acceptors (Lipinski definition) is 6. The minimum Gasteiger partial charge on any atom is -0.383 e. The fourth-order valence-corrected chi connectivity index (χ4v) is 5.86. The summed E-state index contributed by atoms with van der Waals surface area (Å²) in [4.78, 5) is 28.8. The Morgan fingerprint density at radius 3 is 2.76 bits per heavy atom. The van der Waals surface area contributed by atoms with Gasteiger partial charge in [0.2, 0.25) is 0 Å². The molecule has 0 fully saturated rings. The number of nitrogens with two attached hydrogens (primary N) is 1. The lowest BCUT2D eigenvalue weighted by Crippen LogP contribution is -2.18. The van der Waals surface area contributed by atoms with E-state index < -0.39 is 21.5 Å². The summed E-state index contributed by atoms with van der Waals surface area (Å²) in [5.41, 5.74) is 2.98. The van der Waals surface area contributed by atoms with Gasteiger partial charge in [0.1, 0.15) is 14.8 Å². The Hall–Kier alpha value is -2.14. The van der Waals surface area contributed by atoms with E-state index in [0.29, 0.717) is 29.1 Å². The van der Waals surface area contributed by atoms with Gasteiger partial charge in [-0.2, -0.15) is 0 Å². The predicted octanol–water partition coefficient (Wildman–Crippen LogP) is 2.92. The molecule has 0 aliphatic heterocycles. The molecule has 1 aromatic carbocycles. The number of amides is 2. The van der Waals surface area contributed by atoms with Gasteiger partial charge in [-0.25, -0.2) is 19.1 Å². The summed E-state index contributed by atoms with van der Waals surface area (Å²) in [5, 5.41) is 18.9. The number of aryl methyl sites for hydroxylation is 1. The first-order chi connectivity index (χ1) is 13.6. The lowest BCUT2D eigenvalue weighted by molar-refractivity contribution is 0.0782. The third-order valence-electron chi connectivity index (χ3n) is 5.16. The summed E-state index contributed by atoms with van der Waals surface area (Å²) in [6.45, 7) is 3.10. The van der Waals surface area contributed by atoms with Crippen LogP contribution in [0.5, 0.6) is 0 Å². The molecule has 2 aromatic rings. The number of thiazole rings is 1. The van der Waals surface area contributed by atoms with Gasteiger partial charge in [-0.1, -0.05) is 0 Å². The second-order valence-corrected chi connectivity index (χ2v) is 10.9. The first-order valence-corrected chi connectivity index (χ1v) is 11.7. The molecule has 2 aliphatic carbocycles. The Morgan fingerprint density at radius 2 is 2.07 bits per heavy atom. The van der Waals surface area contributed by atoms with E-state index in [1.54, 1.807) is 13.8 Å². The quantitative estimate of drug-likeness (QED) is 0.683. The van der Waals surface area contributed by atoms with Crippen LogP contribution in [0.3, 0.4) is 0 Å². The SMILES string of the molecule is CC(C)(O)c1ncc([S@](N)(=O)=NC(=O)Nc2c3c(cc4c2CCC4=O)CCC3)s1. The van der Waals surface area contributed by atoms with Gasteiger partial charge in [-0.3, -0.25) is 4.79 Å². The van der Waals surface area contributed by atoms with E-state index in [-0.39, 0.29) is 9.99 Å². The van der Waals surface area contributed by atoms with Gasteiger partial charge in [-0.15, -0.1) is 15.7 Å². The Balaban J connectivity index is 1.67. The van der Waals surface area contributed by atoms with E-state index in [2.05, 4.69) is 14.7 Å². The number of nitrogens with zero attached hydrogens (tertiary/aromatic N) is 2. The molecule has 0 saturated carbocycles. The van der Waals surface area contributed by atoms with E-state index in [4.69, 9.17) is 5.14 Å². The number of anilines is 1. The highest BCUT2D eigenvalue weighted by Gasteiger charge is 2.29. The molecule has 0 saturated heterocycles. The number of Topliss-reactive ketones (excluding diaryl/α,β-unsaturated/α-hetero) is 1. The number of nitrogens with one attached hydrogen (secondary N) is 1. The number of aliphatic hydroxyl groups is 1. The van der Waals surface area contributed by atoms with Crippen molar-refractivity contribution in [2.24, 2.45) is 9.50 Å². The van der Waals surface area contributed by atoms with Crippen molar-refractivity contribution in [3.8, 4) is 0 Å². The van der Waals surface area contributed by atoms with Gasteiger partial charge in [0, 0.05) is 17.7 Å². The molecular weight excluding hydrogens is 412 g/mol. The van der Waals surface area contributed by atoms with Crippen LogP contribution in [0, 0.1) is 0 Å². The lowest BCUT2D eigenvalue weighted by Gasteiger charge is -2.14. The fourth-order valence-electron chi connectivity index (χ4n) is 3.80. The van der Waals surface area contributed by atoms with E-state index in [1.807, 2.05) is 6.07 Å². The molecule has 0 radical (unpaired) electrons. The van der Waals surface area contributed by atoms with Gasteiger partial charge >= 0.3 is 6.03 Å². The molecule has 1 atom stereocenters. The Morgan fingerprint density at radius 1 is 1.31 bits per heavy atom. The lowest BCUT2D eigenvalue weighted by atomic mass is 9.98. The molecule has 0 unspecified atom stereocenters. The third-order valence-corrected chi connectivity index (χ3v) is 8.35. The zero-order chi connectivity index (χ0) is 21.0. The summed E-state index contributed by atoms with van der Waals surface area (Å²) in [7, 11) is -3.52. The predicted molar refractivity (Wildman–Crippen MR) is 111 cm³/mol. The maximum atomic E-state index is 12.8. The van der Waals surface area contributed by atoms with Gasteiger partial charge < -0.3 is 10.4 Å². The molecule has 1 heterocycles. The second-order valence-electron chi connectivity index (χ2n) is 7.83. The molecule has 10 heteroatoms. The second kappa shape index (κ2) is 6.98. The van der Waals surface area contributed by atoms with E-state index in [0.717, 1.165) is 47.3 Å². The molecule has 0 bridgehead atoms. The van der Waals surface area contributed by atoms with Crippen LogP contribution < -0.4 is 10.5 Å². The molecule has 0 spiro atoms.